The molecule has 2 heterocycles. The molecule has 118 valence electrons. The molecule has 0 radical (unpaired) electrons. The molecule has 1 N–H and O–H groups in total. The number of nitrogens with zero attached hydrogens (tertiary/aromatic N) is 1. The van der Waals surface area contributed by atoms with Crippen molar-refractivity contribution in [1.82, 2.24) is 5.16 Å². The van der Waals surface area contributed by atoms with Crippen LogP contribution in [0.4, 0.5) is 5.82 Å². The summed E-state index contributed by atoms with van der Waals surface area (Å²) in [5.74, 6) is 2.50. The molecule has 1 aromatic carbocycles. The summed E-state index contributed by atoms with van der Waals surface area (Å²) in [4.78, 5) is 11.9. The first-order chi connectivity index (χ1) is 11.1. The SMILES string of the molecule is Cc1cc(NC(=O)CCc2ccc(-c3ccccc3Br)o2)no1. The zero-order valence-electron chi connectivity index (χ0n) is 12.5. The average Bonchev–Trinajstić information content (AvgIpc) is 3.15. The number of nitrogens with one attached hydrogen (secondary N) is 1. The third-order valence-electron chi connectivity index (χ3n) is 3.29. The van der Waals surface area contributed by atoms with Crippen molar-refractivity contribution in [3.63, 3.8) is 0 Å². The number of amides is 1. The van der Waals surface area contributed by atoms with E-state index in [1.54, 1.807) is 13.0 Å². The molecular weight excluding hydrogens is 360 g/mol. The Balaban J connectivity index is 1.59. The molecular formula is C17H15BrN2O3. The second-order valence-corrected chi connectivity index (χ2v) is 5.97. The third-order valence-corrected chi connectivity index (χ3v) is 3.99. The highest BCUT2D eigenvalue weighted by Gasteiger charge is 2.10. The number of hydrogen-bond donors (Lipinski definition) is 1. The molecule has 1 amide bonds. The van der Waals surface area contributed by atoms with E-state index in [1.807, 2.05) is 36.4 Å². The predicted octanol–water partition coefficient (Wildman–Crippen LogP) is 4.58. The van der Waals surface area contributed by atoms with E-state index in [1.165, 1.54) is 0 Å². The maximum atomic E-state index is 11.9. The van der Waals surface area contributed by atoms with Crippen LogP contribution >= 0.6 is 15.9 Å². The first-order valence-electron chi connectivity index (χ1n) is 7.18. The summed E-state index contributed by atoms with van der Waals surface area (Å²) >= 11 is 3.50. The van der Waals surface area contributed by atoms with Crippen molar-refractivity contribution in [3.8, 4) is 11.3 Å². The predicted molar refractivity (Wildman–Crippen MR) is 90.0 cm³/mol. The Kier molecular flexibility index (Phi) is 4.62. The van der Waals surface area contributed by atoms with Gasteiger partial charge in [0.25, 0.3) is 0 Å². The summed E-state index contributed by atoms with van der Waals surface area (Å²) in [6.07, 6.45) is 0.835. The lowest BCUT2D eigenvalue weighted by molar-refractivity contribution is -0.116. The Morgan fingerprint density at radius 3 is 2.83 bits per heavy atom. The lowest BCUT2D eigenvalue weighted by atomic mass is 10.2. The fourth-order valence-corrected chi connectivity index (χ4v) is 2.67. The number of furan rings is 1. The van der Waals surface area contributed by atoms with E-state index >= 15 is 0 Å². The fraction of sp³-hybridized carbons (Fsp3) is 0.176. The number of carbonyl (C=O) groups excluding carboxylic acids is 1. The molecule has 5 nitrogen and oxygen atoms in total. The van der Waals surface area contributed by atoms with Crippen molar-refractivity contribution in [1.29, 1.82) is 0 Å². The lowest BCUT2D eigenvalue weighted by Crippen LogP contribution is -2.12. The summed E-state index contributed by atoms with van der Waals surface area (Å²) in [6.45, 7) is 1.77. The van der Waals surface area contributed by atoms with Gasteiger partial charge < -0.3 is 14.3 Å². The van der Waals surface area contributed by atoms with Crippen LogP contribution in [0.2, 0.25) is 0 Å². The monoisotopic (exact) mass is 374 g/mol. The minimum atomic E-state index is -0.128. The van der Waals surface area contributed by atoms with Gasteiger partial charge in [-0.2, -0.15) is 0 Å². The maximum absolute atomic E-state index is 11.9. The number of rotatable bonds is 5. The molecule has 0 unspecified atom stereocenters. The number of halogens is 1. The number of aromatic nitrogens is 1. The number of aryl methyl sites for hydroxylation is 2. The van der Waals surface area contributed by atoms with Crippen molar-refractivity contribution >= 4 is 27.7 Å². The minimum Gasteiger partial charge on any atom is -0.461 e. The quantitative estimate of drug-likeness (QED) is 0.709. The number of hydrogen-bond acceptors (Lipinski definition) is 4. The molecule has 3 rings (SSSR count). The maximum Gasteiger partial charge on any atom is 0.226 e. The van der Waals surface area contributed by atoms with E-state index < -0.39 is 0 Å². The second-order valence-electron chi connectivity index (χ2n) is 5.12. The molecule has 0 atom stereocenters. The minimum absolute atomic E-state index is 0.128. The zero-order chi connectivity index (χ0) is 16.2. The molecule has 23 heavy (non-hydrogen) atoms. The molecule has 0 saturated heterocycles. The van der Waals surface area contributed by atoms with E-state index in [4.69, 9.17) is 8.94 Å². The van der Waals surface area contributed by atoms with Crippen LogP contribution in [0.3, 0.4) is 0 Å². The number of benzene rings is 1. The van der Waals surface area contributed by atoms with Gasteiger partial charge in [0.2, 0.25) is 5.91 Å². The Labute approximate surface area is 141 Å². The Morgan fingerprint density at radius 1 is 1.26 bits per heavy atom. The van der Waals surface area contributed by atoms with Crippen LogP contribution < -0.4 is 5.32 Å². The molecule has 0 aliphatic heterocycles. The van der Waals surface area contributed by atoms with Gasteiger partial charge in [-0.1, -0.05) is 39.3 Å². The molecule has 0 saturated carbocycles. The average molecular weight is 375 g/mol. The smallest absolute Gasteiger partial charge is 0.226 e. The zero-order valence-corrected chi connectivity index (χ0v) is 14.1. The van der Waals surface area contributed by atoms with Crippen LogP contribution in [0, 0.1) is 6.92 Å². The van der Waals surface area contributed by atoms with Crippen molar-refractivity contribution in [2.24, 2.45) is 0 Å². The van der Waals surface area contributed by atoms with Crippen molar-refractivity contribution < 1.29 is 13.7 Å². The highest BCUT2D eigenvalue weighted by molar-refractivity contribution is 9.10. The van der Waals surface area contributed by atoms with Gasteiger partial charge in [0.1, 0.15) is 17.3 Å². The highest BCUT2D eigenvalue weighted by Crippen LogP contribution is 2.29. The first-order valence-corrected chi connectivity index (χ1v) is 7.98. The van der Waals surface area contributed by atoms with E-state index in [0.29, 0.717) is 24.4 Å². The lowest BCUT2D eigenvalue weighted by Gasteiger charge is -2.01. The molecule has 0 fully saturated rings. The number of anilines is 1. The molecule has 3 aromatic rings. The first kappa shape index (κ1) is 15.6. The normalized spacial score (nSPS) is 10.7. The topological polar surface area (TPSA) is 68.3 Å². The molecule has 2 aromatic heterocycles. The van der Waals surface area contributed by atoms with E-state index in [0.717, 1.165) is 21.6 Å². The molecule has 0 aliphatic rings. The van der Waals surface area contributed by atoms with Crippen LogP contribution in [-0.2, 0) is 11.2 Å². The standard InChI is InChI=1S/C17H15BrN2O3/c1-11-10-16(20-23-11)19-17(21)9-7-12-6-8-15(22-12)13-4-2-3-5-14(13)18/h2-6,8,10H,7,9H2,1H3,(H,19,20,21). The van der Waals surface area contributed by atoms with Crippen LogP contribution in [0.5, 0.6) is 0 Å². The van der Waals surface area contributed by atoms with Crippen LogP contribution in [0.15, 0.2) is 55.9 Å². The summed E-state index contributed by atoms with van der Waals surface area (Å²) in [5.41, 5.74) is 0.987. The van der Waals surface area contributed by atoms with Crippen molar-refractivity contribution in [2.45, 2.75) is 19.8 Å². The largest absolute Gasteiger partial charge is 0.461 e. The molecule has 6 heteroatoms. The van der Waals surface area contributed by atoms with Gasteiger partial charge in [-0.15, -0.1) is 0 Å². The second kappa shape index (κ2) is 6.83. The summed E-state index contributed by atoms with van der Waals surface area (Å²) < 4.78 is 11.7. The Hall–Kier alpha value is -2.34. The van der Waals surface area contributed by atoms with Gasteiger partial charge in [-0.3, -0.25) is 4.79 Å². The van der Waals surface area contributed by atoms with E-state index in [-0.39, 0.29) is 5.91 Å². The summed E-state index contributed by atoms with van der Waals surface area (Å²) in [6, 6.07) is 13.3. The van der Waals surface area contributed by atoms with E-state index in [9.17, 15) is 4.79 Å². The van der Waals surface area contributed by atoms with Gasteiger partial charge in [-0.25, -0.2) is 0 Å². The fourth-order valence-electron chi connectivity index (χ4n) is 2.19. The summed E-state index contributed by atoms with van der Waals surface area (Å²) in [7, 11) is 0. The third kappa shape index (κ3) is 3.90. The van der Waals surface area contributed by atoms with Gasteiger partial charge in [0.15, 0.2) is 5.82 Å². The number of carbonyl (C=O) groups is 1. The molecule has 0 bridgehead atoms. The molecule has 0 spiro atoms. The Bertz CT molecular complexity index is 823. The van der Waals surface area contributed by atoms with Crippen LogP contribution in [-0.4, -0.2) is 11.1 Å². The van der Waals surface area contributed by atoms with Gasteiger partial charge in [0, 0.05) is 28.9 Å². The highest BCUT2D eigenvalue weighted by atomic mass is 79.9. The van der Waals surface area contributed by atoms with Gasteiger partial charge in [0.05, 0.1) is 0 Å². The van der Waals surface area contributed by atoms with Crippen LogP contribution in [0.25, 0.3) is 11.3 Å². The van der Waals surface area contributed by atoms with Gasteiger partial charge in [-0.05, 0) is 25.1 Å². The summed E-state index contributed by atoms with van der Waals surface area (Å²) in [5, 5.41) is 6.42. The van der Waals surface area contributed by atoms with Gasteiger partial charge >= 0.3 is 0 Å². The van der Waals surface area contributed by atoms with E-state index in [2.05, 4.69) is 26.4 Å². The van der Waals surface area contributed by atoms with Crippen molar-refractivity contribution in [3.05, 3.63) is 58.5 Å². The molecule has 0 aliphatic carbocycles. The van der Waals surface area contributed by atoms with Crippen LogP contribution in [0.1, 0.15) is 17.9 Å². The Morgan fingerprint density at radius 2 is 2.09 bits per heavy atom. The van der Waals surface area contributed by atoms with Crippen molar-refractivity contribution in [2.75, 3.05) is 5.32 Å².